The van der Waals surface area contributed by atoms with Gasteiger partial charge in [0.05, 0.1) is 50.0 Å². The predicted octanol–water partition coefficient (Wildman–Crippen LogP) is 2.11. The second-order valence-corrected chi connectivity index (χ2v) is 10.4. The molecule has 1 unspecified atom stereocenters. The molecule has 0 aromatic carbocycles. The molecule has 6 heterocycles. The van der Waals surface area contributed by atoms with E-state index in [1.165, 1.54) is 12.1 Å². The van der Waals surface area contributed by atoms with Crippen LogP contribution >= 0.6 is 0 Å². The molecule has 0 aliphatic carbocycles. The van der Waals surface area contributed by atoms with Crippen LogP contribution in [0.25, 0.3) is 16.8 Å². The fourth-order valence-electron chi connectivity index (χ4n) is 5.61. The van der Waals surface area contributed by atoms with Gasteiger partial charge in [-0.25, -0.2) is 8.91 Å². The van der Waals surface area contributed by atoms with Crippen molar-refractivity contribution in [2.75, 3.05) is 46.9 Å². The number of aliphatic hydroxyl groups excluding tert-OH is 1. The van der Waals surface area contributed by atoms with Crippen molar-refractivity contribution in [3.05, 3.63) is 59.6 Å². The van der Waals surface area contributed by atoms with Crippen LogP contribution in [0.1, 0.15) is 23.1 Å². The number of pyridine rings is 2. The third-order valence-electron chi connectivity index (χ3n) is 7.80. The molecule has 11 nitrogen and oxygen atoms in total. The minimum Gasteiger partial charge on any atom is -0.493 e. The highest BCUT2D eigenvalue weighted by Gasteiger charge is 2.34. The van der Waals surface area contributed by atoms with E-state index in [1.807, 2.05) is 35.8 Å². The Bertz CT molecular complexity index is 1540. The summed E-state index contributed by atoms with van der Waals surface area (Å²) < 4.78 is 28.9. The minimum absolute atomic E-state index is 0.0937. The highest BCUT2D eigenvalue weighted by atomic mass is 19.1. The quantitative estimate of drug-likeness (QED) is 0.373. The Kier molecular flexibility index (Phi) is 6.88. The molecule has 0 saturated carbocycles. The van der Waals surface area contributed by atoms with E-state index in [0.29, 0.717) is 42.3 Å². The summed E-state index contributed by atoms with van der Waals surface area (Å²) in [6.07, 6.45) is 4.44. The van der Waals surface area contributed by atoms with E-state index in [-0.39, 0.29) is 18.4 Å². The molecule has 1 atom stereocenters. The number of ether oxygens (including phenoxy) is 2. The largest absolute Gasteiger partial charge is 0.493 e. The van der Waals surface area contributed by atoms with Crippen LogP contribution in [-0.4, -0.2) is 92.1 Å². The highest BCUT2D eigenvalue weighted by Crippen LogP contribution is 2.37. The number of likely N-dealkylation sites (tertiary alicyclic amines) is 1. The first kappa shape index (κ1) is 26.2. The molecular weight excluding hydrogens is 517 g/mol. The lowest BCUT2D eigenvalue weighted by molar-refractivity contribution is -0.140. The SMILES string of the molecule is COc1cnn2cc(-c3nn4c(c3C)CCN(C(=O)C3CN(C)C3)CC4)cc(OC(CO)c3ccc(F)cn3)c12. The third kappa shape index (κ3) is 4.66. The Morgan fingerprint density at radius 3 is 2.73 bits per heavy atom. The van der Waals surface area contributed by atoms with E-state index in [2.05, 4.69) is 15.0 Å². The fourth-order valence-corrected chi connectivity index (χ4v) is 5.61. The molecule has 1 N–H and O–H groups in total. The first-order valence-corrected chi connectivity index (χ1v) is 13.3. The summed E-state index contributed by atoms with van der Waals surface area (Å²) >= 11 is 0. The number of aliphatic hydroxyl groups is 1. The summed E-state index contributed by atoms with van der Waals surface area (Å²) in [6, 6.07) is 4.61. The first-order chi connectivity index (χ1) is 19.4. The zero-order chi connectivity index (χ0) is 28.0. The number of halogens is 1. The maximum absolute atomic E-state index is 13.5. The van der Waals surface area contributed by atoms with Gasteiger partial charge in [-0.1, -0.05) is 0 Å². The van der Waals surface area contributed by atoms with Crippen LogP contribution in [0.2, 0.25) is 0 Å². The van der Waals surface area contributed by atoms with Gasteiger partial charge in [0.25, 0.3) is 0 Å². The lowest BCUT2D eigenvalue weighted by Crippen LogP contribution is -2.53. The molecule has 1 fully saturated rings. The molecule has 2 aliphatic rings. The van der Waals surface area contributed by atoms with E-state index < -0.39 is 11.9 Å². The van der Waals surface area contributed by atoms with Crippen molar-refractivity contribution in [1.29, 1.82) is 0 Å². The Balaban J connectivity index is 1.32. The molecule has 40 heavy (non-hydrogen) atoms. The molecule has 12 heteroatoms. The molecule has 1 amide bonds. The Hall–Kier alpha value is -4.03. The molecule has 4 aromatic heterocycles. The molecule has 0 radical (unpaired) electrons. The number of methoxy groups -OCH3 is 1. The summed E-state index contributed by atoms with van der Waals surface area (Å²) in [5.74, 6) is 0.777. The monoisotopic (exact) mass is 549 g/mol. The molecule has 1 saturated heterocycles. The molecule has 0 bridgehead atoms. The van der Waals surface area contributed by atoms with Crippen LogP contribution in [0, 0.1) is 18.7 Å². The van der Waals surface area contributed by atoms with Gasteiger partial charge in [0.2, 0.25) is 5.91 Å². The van der Waals surface area contributed by atoms with Crippen LogP contribution in [0.3, 0.4) is 0 Å². The van der Waals surface area contributed by atoms with Gasteiger partial charge in [-0.2, -0.15) is 10.2 Å². The van der Waals surface area contributed by atoms with Crippen molar-refractivity contribution in [1.82, 2.24) is 34.2 Å². The number of aromatic nitrogens is 5. The molecule has 4 aromatic rings. The maximum atomic E-state index is 13.5. The number of hydrogen-bond donors (Lipinski definition) is 1. The number of carbonyl (C=O) groups excluding carboxylic acids is 1. The Labute approximate surface area is 230 Å². The third-order valence-corrected chi connectivity index (χ3v) is 7.80. The maximum Gasteiger partial charge on any atom is 0.228 e. The Morgan fingerprint density at radius 2 is 2.02 bits per heavy atom. The van der Waals surface area contributed by atoms with Crippen molar-refractivity contribution in [2.45, 2.75) is 26.0 Å². The average Bonchev–Trinajstić information content (AvgIpc) is 3.42. The van der Waals surface area contributed by atoms with Gasteiger partial charge in [0.1, 0.15) is 5.82 Å². The second-order valence-electron chi connectivity index (χ2n) is 10.4. The van der Waals surface area contributed by atoms with E-state index in [1.54, 1.807) is 17.8 Å². The van der Waals surface area contributed by atoms with Crippen molar-refractivity contribution in [3.63, 3.8) is 0 Å². The van der Waals surface area contributed by atoms with Gasteiger partial charge >= 0.3 is 0 Å². The van der Waals surface area contributed by atoms with Crippen LogP contribution in [0.4, 0.5) is 4.39 Å². The van der Waals surface area contributed by atoms with E-state index in [9.17, 15) is 14.3 Å². The number of hydrogen-bond acceptors (Lipinski definition) is 8. The average molecular weight is 550 g/mol. The minimum atomic E-state index is -0.835. The lowest BCUT2D eigenvalue weighted by atomic mass is 9.99. The molecular formula is C28H32FN7O4. The van der Waals surface area contributed by atoms with Gasteiger partial charge in [-0.15, -0.1) is 0 Å². The zero-order valence-electron chi connectivity index (χ0n) is 22.7. The smallest absolute Gasteiger partial charge is 0.228 e. The number of nitrogens with zero attached hydrogens (tertiary/aromatic N) is 7. The number of amides is 1. The van der Waals surface area contributed by atoms with Crippen LogP contribution < -0.4 is 9.47 Å². The van der Waals surface area contributed by atoms with Crippen molar-refractivity contribution in [3.8, 4) is 22.8 Å². The van der Waals surface area contributed by atoms with Gasteiger partial charge < -0.3 is 24.4 Å². The van der Waals surface area contributed by atoms with Crippen molar-refractivity contribution >= 4 is 11.4 Å². The lowest BCUT2D eigenvalue weighted by Gasteiger charge is -2.38. The van der Waals surface area contributed by atoms with Gasteiger partial charge in [-0.3, -0.25) is 14.5 Å². The molecule has 0 spiro atoms. The summed E-state index contributed by atoms with van der Waals surface area (Å²) in [6.45, 7) is 5.23. The van der Waals surface area contributed by atoms with Crippen molar-refractivity contribution < 1.29 is 23.8 Å². The molecule has 6 rings (SSSR count). The zero-order valence-corrected chi connectivity index (χ0v) is 22.7. The second kappa shape index (κ2) is 10.5. The standard InChI is InChI=1S/C28H32FN7O4/c1-17-22-6-7-34(28(38)19-13-33(2)14-19)8-9-35(22)32-26(17)18-10-23(27-24(39-3)12-31-36(27)15-18)40-25(16-37)21-5-4-20(29)11-30-21/h4-5,10-12,15,19,25,37H,6-9,13-14,16H2,1-3H3. The molecule has 2 aliphatic heterocycles. The summed E-state index contributed by atoms with van der Waals surface area (Å²) in [5, 5.41) is 19.5. The van der Waals surface area contributed by atoms with Crippen LogP contribution in [0.5, 0.6) is 11.5 Å². The predicted molar refractivity (Wildman–Crippen MR) is 144 cm³/mol. The summed E-state index contributed by atoms with van der Waals surface area (Å²) in [7, 11) is 3.58. The number of rotatable bonds is 7. The van der Waals surface area contributed by atoms with Gasteiger partial charge in [0.15, 0.2) is 23.1 Å². The van der Waals surface area contributed by atoms with Gasteiger partial charge in [-0.05, 0) is 37.7 Å². The number of fused-ring (bicyclic) bond motifs is 2. The fraction of sp³-hybridized carbons (Fsp3) is 0.429. The first-order valence-electron chi connectivity index (χ1n) is 13.3. The van der Waals surface area contributed by atoms with Crippen molar-refractivity contribution in [2.24, 2.45) is 5.92 Å². The van der Waals surface area contributed by atoms with Gasteiger partial charge in [0, 0.05) is 50.1 Å². The molecule has 210 valence electrons. The normalized spacial score (nSPS) is 16.9. The number of carbonyl (C=O) groups is 1. The topological polar surface area (TPSA) is 110 Å². The van der Waals surface area contributed by atoms with E-state index in [4.69, 9.17) is 14.6 Å². The van der Waals surface area contributed by atoms with E-state index in [0.717, 1.165) is 48.2 Å². The van der Waals surface area contributed by atoms with Crippen LogP contribution in [-0.2, 0) is 17.8 Å². The van der Waals surface area contributed by atoms with Crippen LogP contribution in [0.15, 0.2) is 36.8 Å². The Morgan fingerprint density at radius 1 is 1.20 bits per heavy atom. The highest BCUT2D eigenvalue weighted by molar-refractivity contribution is 5.80. The van der Waals surface area contributed by atoms with E-state index >= 15 is 0 Å². The summed E-state index contributed by atoms with van der Waals surface area (Å²) in [4.78, 5) is 21.2. The summed E-state index contributed by atoms with van der Waals surface area (Å²) in [5.41, 5.74) is 4.67.